The Morgan fingerprint density at radius 3 is 2.30 bits per heavy atom. The van der Waals surface area contributed by atoms with E-state index in [2.05, 4.69) is 5.32 Å². The Kier molecular flexibility index (Phi) is 7.09. The number of carbonyl (C=O) groups excluding carboxylic acids is 3. The maximum absolute atomic E-state index is 14.6. The highest BCUT2D eigenvalue weighted by molar-refractivity contribution is 6.11. The molecular formula is C21H26FN3O5. The minimum Gasteiger partial charge on any atom is -0.481 e. The first-order valence-corrected chi connectivity index (χ1v) is 9.51. The highest BCUT2D eigenvalue weighted by atomic mass is 19.1. The molecule has 3 atom stereocenters. The lowest BCUT2D eigenvalue weighted by Gasteiger charge is -2.23. The van der Waals surface area contributed by atoms with Crippen molar-refractivity contribution in [1.29, 1.82) is 0 Å². The largest absolute Gasteiger partial charge is 0.481 e. The molecule has 2 rings (SSSR count). The number of nitrogens with one attached hydrogen (secondary N) is 1. The molecule has 0 bridgehead atoms. The van der Waals surface area contributed by atoms with Crippen molar-refractivity contribution in [1.82, 2.24) is 9.88 Å². The average molecular weight is 419 g/mol. The quantitative estimate of drug-likeness (QED) is 0.528. The molecule has 2 aromatic rings. The number of carboxylic acid groups (broad SMARTS) is 1. The van der Waals surface area contributed by atoms with E-state index in [1.807, 2.05) is 24.3 Å². The van der Waals surface area contributed by atoms with Gasteiger partial charge in [0.25, 0.3) is 5.91 Å². The van der Waals surface area contributed by atoms with Crippen LogP contribution in [0.5, 0.6) is 0 Å². The fourth-order valence-electron chi connectivity index (χ4n) is 3.46. The van der Waals surface area contributed by atoms with Crippen LogP contribution in [0.1, 0.15) is 36.3 Å². The molecule has 0 aliphatic rings. The number of carbonyl (C=O) groups is 4. The van der Waals surface area contributed by atoms with E-state index < -0.39 is 54.0 Å². The van der Waals surface area contributed by atoms with Crippen LogP contribution in [-0.2, 0) is 21.4 Å². The molecule has 2 unspecified atom stereocenters. The molecule has 0 fully saturated rings. The topological polar surface area (TPSA) is 131 Å². The number of aryl methyl sites for hydroxylation is 2. The second kappa shape index (κ2) is 9.17. The van der Waals surface area contributed by atoms with Crippen molar-refractivity contribution in [2.24, 2.45) is 18.7 Å². The van der Waals surface area contributed by atoms with E-state index in [1.165, 1.54) is 0 Å². The summed E-state index contributed by atoms with van der Waals surface area (Å²) < 4.78 is 16.2. The minimum absolute atomic E-state index is 0.318. The number of nitrogens with two attached hydrogens (primary N) is 1. The van der Waals surface area contributed by atoms with Gasteiger partial charge in [0.2, 0.25) is 6.17 Å². The standard InChI is InChI=1S/C21H26FN3O5/c1-10(2)17(20(29)16(22)19(28)13(23)9-15(26)27)24-21(30)18-11(3)12-7-5-6-8-14(12)25(18)4/h5-8,10,13,16-17H,9,23H2,1-4H3,(H,24,30)(H,26,27)/t13?,16?,17-/m0/s1. The first-order valence-electron chi connectivity index (χ1n) is 9.51. The number of fused-ring (bicyclic) bond motifs is 1. The number of aliphatic carboxylic acids is 1. The second-order valence-electron chi connectivity index (χ2n) is 7.62. The van der Waals surface area contributed by atoms with E-state index in [1.54, 1.807) is 32.4 Å². The Bertz CT molecular complexity index is 959. The van der Waals surface area contributed by atoms with Crippen molar-refractivity contribution in [3.63, 3.8) is 0 Å². The van der Waals surface area contributed by atoms with Gasteiger partial charge in [0, 0.05) is 18.0 Å². The van der Waals surface area contributed by atoms with Crippen molar-refractivity contribution in [2.75, 3.05) is 0 Å². The van der Waals surface area contributed by atoms with Gasteiger partial charge < -0.3 is 20.7 Å². The van der Waals surface area contributed by atoms with Crippen molar-refractivity contribution >= 4 is 34.3 Å². The molecule has 0 aliphatic carbocycles. The molecule has 0 spiro atoms. The number of alkyl halides is 1. The van der Waals surface area contributed by atoms with Crippen LogP contribution in [-0.4, -0.2) is 51.4 Å². The zero-order valence-corrected chi connectivity index (χ0v) is 17.3. The van der Waals surface area contributed by atoms with Gasteiger partial charge >= 0.3 is 5.97 Å². The third-order valence-corrected chi connectivity index (χ3v) is 5.09. The monoisotopic (exact) mass is 419 g/mol. The number of hydrogen-bond acceptors (Lipinski definition) is 5. The van der Waals surface area contributed by atoms with E-state index in [-0.39, 0.29) is 0 Å². The van der Waals surface area contributed by atoms with E-state index in [0.717, 1.165) is 10.9 Å². The van der Waals surface area contributed by atoms with Crippen molar-refractivity contribution < 1.29 is 28.7 Å². The summed E-state index contributed by atoms with van der Waals surface area (Å²) in [6.07, 6.45) is -3.42. The number of aromatic nitrogens is 1. The first kappa shape index (κ1) is 23.2. The van der Waals surface area contributed by atoms with Crippen LogP contribution >= 0.6 is 0 Å². The van der Waals surface area contributed by atoms with Gasteiger partial charge in [0.05, 0.1) is 18.5 Å². The average Bonchev–Trinajstić information content (AvgIpc) is 2.94. The lowest BCUT2D eigenvalue weighted by Crippen LogP contribution is -2.52. The molecule has 9 heteroatoms. The molecule has 1 aromatic heterocycles. The maximum atomic E-state index is 14.6. The van der Waals surface area contributed by atoms with Crippen molar-refractivity contribution in [3.8, 4) is 0 Å². The van der Waals surface area contributed by atoms with Crippen LogP contribution in [0.3, 0.4) is 0 Å². The van der Waals surface area contributed by atoms with Crippen LogP contribution < -0.4 is 11.1 Å². The fraction of sp³-hybridized carbons (Fsp3) is 0.429. The summed E-state index contributed by atoms with van der Waals surface area (Å²) >= 11 is 0. The Hall–Kier alpha value is -3.07. The third kappa shape index (κ3) is 4.56. The van der Waals surface area contributed by atoms with Gasteiger partial charge in [-0.15, -0.1) is 0 Å². The van der Waals surface area contributed by atoms with E-state index in [0.29, 0.717) is 11.3 Å². The predicted molar refractivity (Wildman–Crippen MR) is 109 cm³/mol. The smallest absolute Gasteiger partial charge is 0.305 e. The molecule has 1 amide bonds. The zero-order chi connectivity index (χ0) is 22.7. The normalized spacial score (nSPS) is 14.4. The summed E-state index contributed by atoms with van der Waals surface area (Å²) in [4.78, 5) is 48.3. The molecule has 30 heavy (non-hydrogen) atoms. The number of para-hydroxylation sites is 1. The van der Waals surface area contributed by atoms with Crippen molar-refractivity contribution in [2.45, 2.75) is 45.4 Å². The molecule has 0 saturated heterocycles. The summed E-state index contributed by atoms with van der Waals surface area (Å²) in [5, 5.41) is 12.1. The molecule has 1 heterocycles. The molecule has 8 nitrogen and oxygen atoms in total. The molecule has 0 radical (unpaired) electrons. The van der Waals surface area contributed by atoms with Gasteiger partial charge in [-0.2, -0.15) is 0 Å². The molecular weight excluding hydrogens is 393 g/mol. The molecule has 1 aromatic carbocycles. The highest BCUT2D eigenvalue weighted by Crippen LogP contribution is 2.24. The predicted octanol–water partition coefficient (Wildman–Crippen LogP) is 1.52. The van der Waals surface area contributed by atoms with Gasteiger partial charge in [0.1, 0.15) is 5.69 Å². The van der Waals surface area contributed by atoms with Gasteiger partial charge in [-0.25, -0.2) is 4.39 Å². The van der Waals surface area contributed by atoms with Crippen molar-refractivity contribution in [3.05, 3.63) is 35.5 Å². The van der Waals surface area contributed by atoms with Gasteiger partial charge in [0.15, 0.2) is 11.6 Å². The summed E-state index contributed by atoms with van der Waals surface area (Å²) in [5.41, 5.74) is 7.24. The number of benzene rings is 1. The maximum Gasteiger partial charge on any atom is 0.305 e. The summed E-state index contributed by atoms with van der Waals surface area (Å²) in [5.74, 6) is -4.94. The summed E-state index contributed by atoms with van der Waals surface area (Å²) in [7, 11) is 1.71. The van der Waals surface area contributed by atoms with Crippen LogP contribution in [0.15, 0.2) is 24.3 Å². The van der Waals surface area contributed by atoms with Gasteiger partial charge in [-0.3, -0.25) is 19.2 Å². The van der Waals surface area contributed by atoms with Gasteiger partial charge in [-0.1, -0.05) is 32.0 Å². The van der Waals surface area contributed by atoms with E-state index in [4.69, 9.17) is 10.8 Å². The Labute approximate surface area is 173 Å². The number of halogens is 1. The number of amides is 1. The number of rotatable bonds is 9. The Balaban J connectivity index is 2.27. The molecule has 0 saturated carbocycles. The van der Waals surface area contributed by atoms with Crippen LogP contribution in [0, 0.1) is 12.8 Å². The second-order valence-corrected chi connectivity index (χ2v) is 7.62. The van der Waals surface area contributed by atoms with Crippen LogP contribution in [0.4, 0.5) is 4.39 Å². The third-order valence-electron chi connectivity index (χ3n) is 5.09. The number of Topliss-reactive ketones (excluding diaryl/α,β-unsaturated/α-hetero) is 2. The summed E-state index contributed by atoms with van der Waals surface area (Å²) in [6, 6.07) is 4.47. The number of nitrogens with zero attached hydrogens (tertiary/aromatic N) is 1. The SMILES string of the molecule is Cc1c(C(=O)N[C@H](C(=O)C(F)C(=O)C(N)CC(=O)O)C(C)C)n(C)c2ccccc12. The Morgan fingerprint density at radius 1 is 1.17 bits per heavy atom. The highest BCUT2D eigenvalue weighted by Gasteiger charge is 2.38. The lowest BCUT2D eigenvalue weighted by atomic mass is 9.92. The van der Waals surface area contributed by atoms with Gasteiger partial charge in [-0.05, 0) is 24.5 Å². The number of ketones is 2. The molecule has 0 aliphatic heterocycles. The fourth-order valence-corrected chi connectivity index (χ4v) is 3.46. The minimum atomic E-state index is -2.62. The van der Waals surface area contributed by atoms with Crippen LogP contribution in [0.25, 0.3) is 10.9 Å². The Morgan fingerprint density at radius 2 is 1.77 bits per heavy atom. The van der Waals surface area contributed by atoms with E-state index >= 15 is 0 Å². The number of hydrogen-bond donors (Lipinski definition) is 3. The zero-order valence-electron chi connectivity index (χ0n) is 17.3. The molecule has 4 N–H and O–H groups in total. The first-order chi connectivity index (χ1) is 14.0. The van der Waals surface area contributed by atoms with Crippen LogP contribution in [0.2, 0.25) is 0 Å². The summed E-state index contributed by atoms with van der Waals surface area (Å²) in [6.45, 7) is 4.98. The lowest BCUT2D eigenvalue weighted by molar-refractivity contribution is -0.142. The van der Waals surface area contributed by atoms with E-state index in [9.17, 15) is 23.6 Å². The number of carboxylic acids is 1. The molecule has 162 valence electrons.